The molecule has 2 heteroatoms. The van der Waals surface area contributed by atoms with Crippen LogP contribution in [-0.4, -0.2) is 0 Å². The standard InChI is InChI=1S/C54H37NO/c1-3-13-38(14-4-1)46-33-47(39-15-5-2-6-16-39)36-50(35-46)55(49-21-11-20-44(34-49)54-37-45-18-8-10-24-53(45)56-54)48-31-29-41(30-32-48)40-25-27-43(28-26-40)52-23-12-19-42-17-7-9-22-51(42)52/h1-37H. The van der Waals surface area contributed by atoms with Crippen LogP contribution in [0.5, 0.6) is 0 Å². The SMILES string of the molecule is c1ccc(-c2cc(-c3ccccc3)cc(N(c3ccc(-c4ccc(-c5cccc6ccccc56)cc4)cc3)c3cccc(-c4cc5ccccc5o4)c3)c2)cc1. The zero-order valence-corrected chi connectivity index (χ0v) is 30.7. The summed E-state index contributed by atoms with van der Waals surface area (Å²) in [5.41, 5.74) is 14.5. The van der Waals surface area contributed by atoms with Crippen LogP contribution < -0.4 is 4.90 Å². The van der Waals surface area contributed by atoms with Crippen LogP contribution in [0.3, 0.4) is 0 Å². The fourth-order valence-electron chi connectivity index (χ4n) is 7.83. The van der Waals surface area contributed by atoms with Gasteiger partial charge in [-0.15, -0.1) is 0 Å². The van der Waals surface area contributed by atoms with Crippen molar-refractivity contribution in [2.45, 2.75) is 0 Å². The number of hydrogen-bond acceptors (Lipinski definition) is 2. The van der Waals surface area contributed by atoms with Crippen LogP contribution in [0.15, 0.2) is 229 Å². The maximum atomic E-state index is 6.36. The summed E-state index contributed by atoms with van der Waals surface area (Å²) in [4.78, 5) is 2.36. The fraction of sp³-hybridized carbons (Fsp3) is 0. The van der Waals surface area contributed by atoms with Crippen LogP contribution in [0, 0.1) is 0 Å². The second-order valence-corrected chi connectivity index (χ2v) is 14.2. The quantitative estimate of drug-likeness (QED) is 0.156. The van der Waals surface area contributed by atoms with Crippen LogP contribution >= 0.6 is 0 Å². The molecule has 0 spiro atoms. The highest BCUT2D eigenvalue weighted by molar-refractivity contribution is 5.97. The Hall–Kier alpha value is -7.42. The minimum atomic E-state index is 0.846. The van der Waals surface area contributed by atoms with Gasteiger partial charge in [0.05, 0.1) is 0 Å². The Bertz CT molecular complexity index is 2850. The van der Waals surface area contributed by atoms with Crippen molar-refractivity contribution in [3.63, 3.8) is 0 Å². The Kier molecular flexibility index (Phi) is 8.55. The Morgan fingerprint density at radius 1 is 0.286 bits per heavy atom. The van der Waals surface area contributed by atoms with Crippen molar-refractivity contribution in [1.82, 2.24) is 0 Å². The summed E-state index contributed by atoms with van der Waals surface area (Å²) in [6.07, 6.45) is 0. The lowest BCUT2D eigenvalue weighted by molar-refractivity contribution is 0.631. The lowest BCUT2D eigenvalue weighted by Gasteiger charge is -2.27. The third kappa shape index (κ3) is 6.44. The van der Waals surface area contributed by atoms with E-state index in [2.05, 4.69) is 211 Å². The lowest BCUT2D eigenvalue weighted by atomic mass is 9.96. The van der Waals surface area contributed by atoms with Gasteiger partial charge >= 0.3 is 0 Å². The van der Waals surface area contributed by atoms with Crippen LogP contribution in [0.1, 0.15) is 0 Å². The first-order chi connectivity index (χ1) is 27.7. The summed E-state index contributed by atoms with van der Waals surface area (Å²) in [5, 5.41) is 3.61. The van der Waals surface area contributed by atoms with Crippen molar-refractivity contribution in [2.24, 2.45) is 0 Å². The van der Waals surface area contributed by atoms with E-state index >= 15 is 0 Å². The Balaban J connectivity index is 1.08. The number of nitrogens with zero attached hydrogens (tertiary/aromatic N) is 1. The van der Waals surface area contributed by atoms with Gasteiger partial charge in [-0.2, -0.15) is 0 Å². The van der Waals surface area contributed by atoms with E-state index in [9.17, 15) is 0 Å². The molecule has 0 unspecified atom stereocenters. The highest BCUT2D eigenvalue weighted by Crippen LogP contribution is 2.42. The van der Waals surface area contributed by atoms with Gasteiger partial charge in [0.15, 0.2) is 0 Å². The van der Waals surface area contributed by atoms with Gasteiger partial charge < -0.3 is 9.32 Å². The average molecular weight is 716 g/mol. The molecular weight excluding hydrogens is 679 g/mol. The van der Waals surface area contributed by atoms with Crippen molar-refractivity contribution in [3.05, 3.63) is 224 Å². The van der Waals surface area contributed by atoms with E-state index in [4.69, 9.17) is 4.42 Å². The zero-order valence-electron chi connectivity index (χ0n) is 30.7. The molecule has 1 aromatic heterocycles. The highest BCUT2D eigenvalue weighted by Gasteiger charge is 2.18. The van der Waals surface area contributed by atoms with Crippen molar-refractivity contribution in [1.29, 1.82) is 0 Å². The summed E-state index contributed by atoms with van der Waals surface area (Å²) >= 11 is 0. The molecule has 0 amide bonds. The molecule has 9 aromatic carbocycles. The Morgan fingerprint density at radius 2 is 0.804 bits per heavy atom. The van der Waals surface area contributed by atoms with Gasteiger partial charge in [-0.3, -0.25) is 0 Å². The van der Waals surface area contributed by atoms with Crippen molar-refractivity contribution in [3.8, 4) is 55.8 Å². The maximum Gasteiger partial charge on any atom is 0.135 e. The highest BCUT2D eigenvalue weighted by atomic mass is 16.3. The van der Waals surface area contributed by atoms with Gasteiger partial charge in [-0.1, -0.05) is 170 Å². The molecule has 0 aliphatic carbocycles. The Labute approximate surface area is 327 Å². The predicted molar refractivity (Wildman–Crippen MR) is 236 cm³/mol. The van der Waals surface area contributed by atoms with E-state index in [1.807, 2.05) is 18.2 Å². The number of para-hydroxylation sites is 1. The molecule has 2 nitrogen and oxygen atoms in total. The maximum absolute atomic E-state index is 6.36. The molecule has 0 fully saturated rings. The number of benzene rings is 9. The smallest absolute Gasteiger partial charge is 0.135 e. The van der Waals surface area contributed by atoms with E-state index in [1.165, 1.54) is 38.6 Å². The number of fused-ring (bicyclic) bond motifs is 2. The summed E-state index contributed by atoms with van der Waals surface area (Å²) < 4.78 is 6.36. The molecule has 0 atom stereocenters. The first-order valence-corrected chi connectivity index (χ1v) is 19.1. The fourth-order valence-corrected chi connectivity index (χ4v) is 7.83. The summed E-state index contributed by atoms with van der Waals surface area (Å²) in [7, 11) is 0. The van der Waals surface area contributed by atoms with Gasteiger partial charge in [0, 0.05) is 28.0 Å². The molecule has 0 radical (unpaired) electrons. The Morgan fingerprint density at radius 3 is 1.50 bits per heavy atom. The second kappa shape index (κ2) is 14.4. The van der Waals surface area contributed by atoms with Crippen molar-refractivity contribution in [2.75, 3.05) is 4.90 Å². The number of hydrogen-bond donors (Lipinski definition) is 0. The summed E-state index contributed by atoms with van der Waals surface area (Å²) in [6.45, 7) is 0. The predicted octanol–water partition coefficient (Wildman–Crippen LogP) is 15.4. The van der Waals surface area contributed by atoms with E-state index < -0.39 is 0 Å². The number of anilines is 3. The molecule has 0 bridgehead atoms. The van der Waals surface area contributed by atoms with Gasteiger partial charge in [0.2, 0.25) is 0 Å². The van der Waals surface area contributed by atoms with Crippen LogP contribution in [0.4, 0.5) is 17.1 Å². The molecule has 10 aromatic rings. The van der Waals surface area contributed by atoms with E-state index in [0.29, 0.717) is 0 Å². The van der Waals surface area contributed by atoms with Gasteiger partial charge in [-0.05, 0) is 110 Å². The van der Waals surface area contributed by atoms with Crippen molar-refractivity contribution < 1.29 is 4.42 Å². The molecule has 0 saturated carbocycles. The van der Waals surface area contributed by atoms with E-state index in [0.717, 1.165) is 56.0 Å². The van der Waals surface area contributed by atoms with E-state index in [-0.39, 0.29) is 0 Å². The molecule has 0 N–H and O–H groups in total. The molecular formula is C54H37NO. The summed E-state index contributed by atoms with van der Waals surface area (Å²) in [6, 6.07) is 80.1. The van der Waals surface area contributed by atoms with Crippen LogP contribution in [-0.2, 0) is 0 Å². The number of furan rings is 1. The largest absolute Gasteiger partial charge is 0.456 e. The first kappa shape index (κ1) is 33.2. The zero-order chi connectivity index (χ0) is 37.3. The van der Waals surface area contributed by atoms with Crippen LogP contribution in [0.2, 0.25) is 0 Å². The van der Waals surface area contributed by atoms with E-state index in [1.54, 1.807) is 0 Å². The molecule has 1 heterocycles. The first-order valence-electron chi connectivity index (χ1n) is 19.1. The van der Waals surface area contributed by atoms with Gasteiger partial charge in [0.25, 0.3) is 0 Å². The van der Waals surface area contributed by atoms with Gasteiger partial charge in [0.1, 0.15) is 11.3 Å². The van der Waals surface area contributed by atoms with Gasteiger partial charge in [-0.25, -0.2) is 0 Å². The molecule has 10 rings (SSSR count). The third-order valence-electron chi connectivity index (χ3n) is 10.6. The molecule has 0 aliphatic rings. The minimum absolute atomic E-state index is 0.846. The number of rotatable bonds is 8. The third-order valence-corrected chi connectivity index (χ3v) is 10.6. The molecule has 0 aliphatic heterocycles. The average Bonchev–Trinajstić information content (AvgIpc) is 3.72. The van der Waals surface area contributed by atoms with Crippen LogP contribution in [0.25, 0.3) is 77.6 Å². The van der Waals surface area contributed by atoms with Crippen molar-refractivity contribution >= 4 is 38.8 Å². The normalized spacial score (nSPS) is 11.2. The minimum Gasteiger partial charge on any atom is -0.456 e. The molecule has 0 saturated heterocycles. The molecule has 264 valence electrons. The topological polar surface area (TPSA) is 16.4 Å². The molecule has 56 heavy (non-hydrogen) atoms. The summed E-state index contributed by atoms with van der Waals surface area (Å²) in [5.74, 6) is 0.846. The monoisotopic (exact) mass is 715 g/mol. The lowest BCUT2D eigenvalue weighted by Crippen LogP contribution is -2.10. The second-order valence-electron chi connectivity index (χ2n) is 14.2.